The Morgan fingerprint density at radius 3 is 2.43 bits per heavy atom. The molecular weight excluding hydrogens is 266 g/mol. The summed E-state index contributed by atoms with van der Waals surface area (Å²) in [5.41, 5.74) is 2.98. The molecule has 3 aromatic rings. The van der Waals surface area contributed by atoms with Gasteiger partial charge in [-0.1, -0.05) is 30.3 Å². The number of nitrogens with one attached hydrogen (secondary N) is 1. The fourth-order valence-electron chi connectivity index (χ4n) is 2.09. The lowest BCUT2D eigenvalue weighted by Crippen LogP contribution is -2.06. The molecule has 5 nitrogen and oxygen atoms in total. The summed E-state index contributed by atoms with van der Waals surface area (Å²) in [5.74, 6) is 0.449. The summed E-state index contributed by atoms with van der Waals surface area (Å²) in [5, 5.41) is 8.11. The molecule has 0 amide bonds. The second-order valence-corrected chi connectivity index (χ2v) is 4.44. The third-order valence-corrected chi connectivity index (χ3v) is 3.11. The van der Waals surface area contributed by atoms with Crippen LogP contribution in [-0.2, 0) is 0 Å². The molecule has 3 rings (SSSR count). The largest absolute Gasteiger partial charge is 0.480 e. The van der Waals surface area contributed by atoms with E-state index in [-0.39, 0.29) is 5.56 Å². The molecule has 104 valence electrons. The number of hydrogen-bond acceptors (Lipinski definition) is 4. The average molecular weight is 279 g/mol. The molecule has 0 aliphatic rings. The lowest BCUT2D eigenvalue weighted by atomic mass is 10.0. The van der Waals surface area contributed by atoms with E-state index in [1.165, 1.54) is 6.07 Å². The normalized spacial score (nSPS) is 10.3. The van der Waals surface area contributed by atoms with Gasteiger partial charge in [-0.2, -0.15) is 0 Å². The molecule has 0 radical (unpaired) electrons. The minimum absolute atomic E-state index is 0.154. The zero-order valence-corrected chi connectivity index (χ0v) is 11.4. The van der Waals surface area contributed by atoms with Crippen molar-refractivity contribution >= 4 is 0 Å². The van der Waals surface area contributed by atoms with Gasteiger partial charge in [0.05, 0.1) is 18.5 Å². The third kappa shape index (κ3) is 2.67. The summed E-state index contributed by atoms with van der Waals surface area (Å²) < 4.78 is 5.01. The monoisotopic (exact) mass is 279 g/mol. The molecule has 0 unspecified atom stereocenters. The molecule has 0 aliphatic heterocycles. The zero-order valence-electron chi connectivity index (χ0n) is 11.4. The van der Waals surface area contributed by atoms with E-state index in [1.807, 2.05) is 36.4 Å². The molecule has 0 atom stereocenters. The summed E-state index contributed by atoms with van der Waals surface area (Å²) in [6.45, 7) is 0. The fraction of sp³-hybridized carbons (Fsp3) is 0.0625. The highest BCUT2D eigenvalue weighted by Crippen LogP contribution is 2.27. The van der Waals surface area contributed by atoms with Gasteiger partial charge in [-0.15, -0.1) is 10.2 Å². The van der Waals surface area contributed by atoms with Gasteiger partial charge >= 0.3 is 0 Å². The van der Waals surface area contributed by atoms with Gasteiger partial charge in [0, 0.05) is 17.7 Å². The number of benzene rings is 1. The number of aromatic amines is 1. The van der Waals surface area contributed by atoms with Gasteiger partial charge in [0.25, 0.3) is 0 Å². The molecule has 1 N–H and O–H groups in total. The maximum absolute atomic E-state index is 11.6. The second kappa shape index (κ2) is 5.58. The van der Waals surface area contributed by atoms with E-state index in [1.54, 1.807) is 19.2 Å². The molecular formula is C16H13N3O2. The first-order chi connectivity index (χ1) is 10.3. The van der Waals surface area contributed by atoms with Crippen molar-refractivity contribution in [3.8, 4) is 28.4 Å². The average Bonchev–Trinajstić information content (AvgIpc) is 2.56. The minimum atomic E-state index is -0.154. The van der Waals surface area contributed by atoms with Crippen LogP contribution >= 0.6 is 0 Å². The predicted octanol–water partition coefficient (Wildman–Crippen LogP) is 2.51. The Kier molecular flexibility index (Phi) is 3.47. The van der Waals surface area contributed by atoms with Crippen molar-refractivity contribution in [3.05, 3.63) is 65.0 Å². The number of hydrogen-bond donors (Lipinski definition) is 1. The maximum atomic E-state index is 11.6. The van der Waals surface area contributed by atoms with E-state index in [9.17, 15) is 4.79 Å². The highest BCUT2D eigenvalue weighted by Gasteiger charge is 2.10. The lowest BCUT2D eigenvalue weighted by molar-refractivity contribution is 0.392. The molecule has 0 fully saturated rings. The van der Waals surface area contributed by atoms with Crippen molar-refractivity contribution in [2.24, 2.45) is 0 Å². The van der Waals surface area contributed by atoms with Gasteiger partial charge in [0.1, 0.15) is 0 Å². The van der Waals surface area contributed by atoms with E-state index >= 15 is 0 Å². The van der Waals surface area contributed by atoms with Crippen LogP contribution in [-0.4, -0.2) is 22.3 Å². The first-order valence-electron chi connectivity index (χ1n) is 6.45. The predicted molar refractivity (Wildman–Crippen MR) is 80.1 cm³/mol. The van der Waals surface area contributed by atoms with Gasteiger partial charge < -0.3 is 9.72 Å². The maximum Gasteiger partial charge on any atom is 0.248 e. The van der Waals surface area contributed by atoms with E-state index < -0.39 is 0 Å². The van der Waals surface area contributed by atoms with Crippen LogP contribution in [0.4, 0.5) is 0 Å². The molecule has 1 aromatic carbocycles. The lowest BCUT2D eigenvalue weighted by Gasteiger charge is -2.08. The second-order valence-electron chi connectivity index (χ2n) is 4.44. The van der Waals surface area contributed by atoms with Crippen molar-refractivity contribution in [3.63, 3.8) is 0 Å². The van der Waals surface area contributed by atoms with E-state index in [2.05, 4.69) is 15.2 Å². The molecule has 0 spiro atoms. The Morgan fingerprint density at radius 2 is 1.76 bits per heavy atom. The van der Waals surface area contributed by atoms with Crippen molar-refractivity contribution in [2.45, 2.75) is 0 Å². The molecule has 5 heteroatoms. The minimum Gasteiger partial charge on any atom is -0.480 e. The van der Waals surface area contributed by atoms with E-state index in [0.29, 0.717) is 11.6 Å². The van der Waals surface area contributed by atoms with Crippen molar-refractivity contribution in [2.75, 3.05) is 7.11 Å². The summed E-state index contributed by atoms with van der Waals surface area (Å²) in [4.78, 5) is 14.5. The van der Waals surface area contributed by atoms with E-state index in [4.69, 9.17) is 4.74 Å². The summed E-state index contributed by atoms with van der Waals surface area (Å²) in [6, 6.07) is 16.4. The first-order valence-corrected chi connectivity index (χ1v) is 6.45. The third-order valence-electron chi connectivity index (χ3n) is 3.11. The molecule has 0 saturated carbocycles. The Labute approximate surface area is 121 Å². The van der Waals surface area contributed by atoms with Crippen LogP contribution < -0.4 is 10.3 Å². The number of ether oxygens (including phenoxy) is 1. The number of H-pyrrole nitrogens is 1. The number of methoxy groups -OCH3 is 1. The van der Waals surface area contributed by atoms with Crippen LogP contribution in [0.2, 0.25) is 0 Å². The highest BCUT2D eigenvalue weighted by atomic mass is 16.5. The van der Waals surface area contributed by atoms with Gasteiger partial charge in [-0.05, 0) is 17.7 Å². The fourth-order valence-corrected chi connectivity index (χ4v) is 2.09. The topological polar surface area (TPSA) is 67.9 Å². The van der Waals surface area contributed by atoms with Crippen LogP contribution in [0.5, 0.6) is 5.88 Å². The van der Waals surface area contributed by atoms with Gasteiger partial charge in [0.15, 0.2) is 0 Å². The van der Waals surface area contributed by atoms with Gasteiger partial charge in [0.2, 0.25) is 11.4 Å². The molecule has 2 aromatic heterocycles. The Balaban J connectivity index is 2.16. The quantitative estimate of drug-likeness (QED) is 0.800. The molecule has 0 aliphatic carbocycles. The van der Waals surface area contributed by atoms with Gasteiger partial charge in [-0.25, -0.2) is 0 Å². The summed E-state index contributed by atoms with van der Waals surface area (Å²) in [6.07, 6.45) is 0. The highest BCUT2D eigenvalue weighted by molar-refractivity contribution is 5.78. The van der Waals surface area contributed by atoms with Crippen LogP contribution in [0.15, 0.2) is 59.4 Å². The van der Waals surface area contributed by atoms with Crippen LogP contribution in [0.1, 0.15) is 0 Å². The zero-order chi connectivity index (χ0) is 14.7. The summed E-state index contributed by atoms with van der Waals surface area (Å²) in [7, 11) is 1.54. The van der Waals surface area contributed by atoms with Gasteiger partial charge in [-0.3, -0.25) is 4.79 Å². The van der Waals surface area contributed by atoms with Crippen LogP contribution in [0.25, 0.3) is 22.5 Å². The standard InChI is InChI=1S/C16H13N3O2/c1-21-15-10-8-13(18-19-15)12-7-9-14(20)17-16(12)11-5-3-2-4-6-11/h2-10H,1H3,(H,17,20). The first kappa shape index (κ1) is 13.1. The molecule has 2 heterocycles. The van der Waals surface area contributed by atoms with Crippen molar-refractivity contribution in [1.29, 1.82) is 0 Å². The van der Waals surface area contributed by atoms with Crippen LogP contribution in [0.3, 0.4) is 0 Å². The SMILES string of the molecule is COc1ccc(-c2ccc(=O)[nH]c2-c2ccccc2)nn1. The molecule has 0 bridgehead atoms. The van der Waals surface area contributed by atoms with E-state index in [0.717, 1.165) is 16.8 Å². The number of nitrogens with zero attached hydrogens (tertiary/aromatic N) is 2. The number of pyridine rings is 1. The van der Waals surface area contributed by atoms with Crippen molar-refractivity contribution < 1.29 is 4.74 Å². The number of rotatable bonds is 3. The Hall–Kier alpha value is -2.95. The Bertz CT molecular complexity index is 796. The molecule has 0 saturated heterocycles. The number of aromatic nitrogens is 3. The van der Waals surface area contributed by atoms with Crippen molar-refractivity contribution in [1.82, 2.24) is 15.2 Å². The summed E-state index contributed by atoms with van der Waals surface area (Å²) >= 11 is 0. The molecule has 21 heavy (non-hydrogen) atoms. The Morgan fingerprint density at radius 1 is 0.952 bits per heavy atom. The smallest absolute Gasteiger partial charge is 0.248 e. The van der Waals surface area contributed by atoms with Crippen LogP contribution in [0, 0.1) is 0 Å².